The zero-order chi connectivity index (χ0) is 15.4. The van der Waals surface area contributed by atoms with E-state index in [1.54, 1.807) is 13.0 Å². The molecule has 3 heteroatoms. The number of benzene rings is 2. The molecule has 1 nitrogen and oxygen atoms in total. The number of halogens is 2. The van der Waals surface area contributed by atoms with Gasteiger partial charge in [-0.15, -0.1) is 0 Å². The third kappa shape index (κ3) is 3.67. The molecule has 0 heterocycles. The van der Waals surface area contributed by atoms with Crippen LogP contribution in [0.15, 0.2) is 36.4 Å². The molecule has 0 aliphatic heterocycles. The first-order valence-electron chi connectivity index (χ1n) is 7.28. The topological polar surface area (TPSA) is 12.0 Å². The molecule has 2 rings (SSSR count). The Hall–Kier alpha value is -1.74. The van der Waals surface area contributed by atoms with Crippen LogP contribution in [-0.4, -0.2) is 6.54 Å². The Morgan fingerprint density at radius 3 is 2.29 bits per heavy atom. The molecule has 0 aliphatic rings. The second-order valence-electron chi connectivity index (χ2n) is 5.42. The molecule has 0 radical (unpaired) electrons. The van der Waals surface area contributed by atoms with Crippen LogP contribution in [0.4, 0.5) is 8.78 Å². The molecule has 112 valence electrons. The second kappa shape index (κ2) is 6.81. The fourth-order valence-electron chi connectivity index (χ4n) is 2.36. The van der Waals surface area contributed by atoms with E-state index in [0.717, 1.165) is 30.2 Å². The van der Waals surface area contributed by atoms with Gasteiger partial charge in [0.2, 0.25) is 0 Å². The lowest BCUT2D eigenvalue weighted by Gasteiger charge is -2.21. The molecule has 0 saturated carbocycles. The standard InChI is InChI=1S/C18H21F2N/c1-4-9-21-18(14-7-5-12(2)6-8-14)15-10-13(3)16(19)11-17(15)20/h5-8,10-11,18,21H,4,9H2,1-3H3. The fraction of sp³-hybridized carbons (Fsp3) is 0.333. The van der Waals surface area contributed by atoms with Crippen LogP contribution in [0.25, 0.3) is 0 Å². The van der Waals surface area contributed by atoms with Crippen molar-refractivity contribution in [3.63, 3.8) is 0 Å². The fourth-order valence-corrected chi connectivity index (χ4v) is 2.36. The molecule has 0 aliphatic carbocycles. The van der Waals surface area contributed by atoms with Crippen molar-refractivity contribution in [2.24, 2.45) is 0 Å². The molecular weight excluding hydrogens is 268 g/mol. The number of rotatable bonds is 5. The minimum absolute atomic E-state index is 0.259. The lowest BCUT2D eigenvalue weighted by molar-refractivity contribution is 0.530. The van der Waals surface area contributed by atoms with Crippen molar-refractivity contribution in [2.75, 3.05) is 6.54 Å². The highest BCUT2D eigenvalue weighted by atomic mass is 19.1. The molecule has 0 fully saturated rings. The third-order valence-corrected chi connectivity index (χ3v) is 3.60. The average molecular weight is 289 g/mol. The summed E-state index contributed by atoms with van der Waals surface area (Å²) in [7, 11) is 0. The highest BCUT2D eigenvalue weighted by Crippen LogP contribution is 2.27. The van der Waals surface area contributed by atoms with E-state index >= 15 is 0 Å². The lowest BCUT2D eigenvalue weighted by Crippen LogP contribution is -2.24. The van der Waals surface area contributed by atoms with Gasteiger partial charge in [0.25, 0.3) is 0 Å². The first kappa shape index (κ1) is 15.6. The molecule has 0 saturated heterocycles. The van der Waals surface area contributed by atoms with Gasteiger partial charge in [-0.25, -0.2) is 8.78 Å². The van der Waals surface area contributed by atoms with Crippen LogP contribution in [0.3, 0.4) is 0 Å². The normalized spacial score (nSPS) is 12.4. The summed E-state index contributed by atoms with van der Waals surface area (Å²) in [6.45, 7) is 6.51. The van der Waals surface area contributed by atoms with Crippen molar-refractivity contribution < 1.29 is 8.78 Å². The Bertz CT molecular complexity index is 605. The molecule has 0 aromatic heterocycles. The van der Waals surface area contributed by atoms with Gasteiger partial charge in [0.05, 0.1) is 6.04 Å². The summed E-state index contributed by atoms with van der Waals surface area (Å²) in [6, 6.07) is 10.3. The quantitative estimate of drug-likeness (QED) is 0.843. The van der Waals surface area contributed by atoms with E-state index in [9.17, 15) is 8.78 Å². The second-order valence-corrected chi connectivity index (χ2v) is 5.42. The van der Waals surface area contributed by atoms with Gasteiger partial charge in [-0.05, 0) is 44.0 Å². The maximum atomic E-state index is 14.2. The van der Waals surface area contributed by atoms with Gasteiger partial charge >= 0.3 is 0 Å². The number of aryl methyl sites for hydroxylation is 2. The molecule has 2 aromatic rings. The van der Waals surface area contributed by atoms with Crippen LogP contribution in [-0.2, 0) is 0 Å². The number of nitrogens with one attached hydrogen (secondary N) is 1. The van der Waals surface area contributed by atoms with Crippen LogP contribution in [0, 0.1) is 25.5 Å². The van der Waals surface area contributed by atoms with Crippen LogP contribution < -0.4 is 5.32 Å². The van der Waals surface area contributed by atoms with E-state index in [4.69, 9.17) is 0 Å². The van der Waals surface area contributed by atoms with Crippen molar-refractivity contribution in [3.8, 4) is 0 Å². The van der Waals surface area contributed by atoms with Crippen LogP contribution in [0.2, 0.25) is 0 Å². The maximum absolute atomic E-state index is 14.2. The Kier molecular flexibility index (Phi) is 5.07. The summed E-state index contributed by atoms with van der Waals surface area (Å²) >= 11 is 0. The predicted octanol–water partition coefficient (Wildman–Crippen LogP) is 4.67. The molecule has 1 N–H and O–H groups in total. The van der Waals surface area contributed by atoms with Gasteiger partial charge in [0.15, 0.2) is 0 Å². The van der Waals surface area contributed by atoms with Crippen molar-refractivity contribution in [1.82, 2.24) is 5.32 Å². The Morgan fingerprint density at radius 1 is 1.00 bits per heavy atom. The average Bonchev–Trinajstić information content (AvgIpc) is 2.46. The molecular formula is C18H21F2N. The zero-order valence-corrected chi connectivity index (χ0v) is 12.7. The van der Waals surface area contributed by atoms with Gasteiger partial charge in [-0.3, -0.25) is 0 Å². The monoisotopic (exact) mass is 289 g/mol. The van der Waals surface area contributed by atoms with Crippen molar-refractivity contribution in [2.45, 2.75) is 33.2 Å². The van der Waals surface area contributed by atoms with Crippen molar-refractivity contribution in [3.05, 3.63) is 70.3 Å². The molecule has 1 atom stereocenters. The van der Waals surface area contributed by atoms with Crippen LogP contribution in [0.5, 0.6) is 0 Å². The minimum Gasteiger partial charge on any atom is -0.306 e. The SMILES string of the molecule is CCCNC(c1ccc(C)cc1)c1cc(C)c(F)cc1F. The first-order valence-corrected chi connectivity index (χ1v) is 7.28. The van der Waals surface area contributed by atoms with Crippen molar-refractivity contribution in [1.29, 1.82) is 0 Å². The highest BCUT2D eigenvalue weighted by molar-refractivity contribution is 5.36. The van der Waals surface area contributed by atoms with E-state index in [1.807, 2.05) is 31.2 Å². The van der Waals surface area contributed by atoms with Gasteiger partial charge < -0.3 is 5.32 Å². The molecule has 2 aromatic carbocycles. The summed E-state index contributed by atoms with van der Waals surface area (Å²) in [5.74, 6) is -1.01. The Balaban J connectivity index is 2.45. The summed E-state index contributed by atoms with van der Waals surface area (Å²) in [5.41, 5.74) is 3.09. The van der Waals surface area contributed by atoms with Gasteiger partial charge in [0.1, 0.15) is 11.6 Å². The zero-order valence-electron chi connectivity index (χ0n) is 12.7. The molecule has 0 bridgehead atoms. The number of hydrogen-bond acceptors (Lipinski definition) is 1. The van der Waals surface area contributed by atoms with Crippen molar-refractivity contribution >= 4 is 0 Å². The summed E-state index contributed by atoms with van der Waals surface area (Å²) in [5, 5.41) is 3.35. The molecule has 1 unspecified atom stereocenters. The van der Waals surface area contributed by atoms with Gasteiger partial charge in [-0.2, -0.15) is 0 Å². The molecule has 0 amide bonds. The van der Waals surface area contributed by atoms with E-state index in [0.29, 0.717) is 11.1 Å². The van der Waals surface area contributed by atoms with Crippen LogP contribution in [0.1, 0.15) is 41.6 Å². The number of hydrogen-bond donors (Lipinski definition) is 1. The van der Waals surface area contributed by atoms with Gasteiger partial charge in [-0.1, -0.05) is 36.8 Å². The third-order valence-electron chi connectivity index (χ3n) is 3.60. The van der Waals surface area contributed by atoms with E-state index in [-0.39, 0.29) is 6.04 Å². The smallest absolute Gasteiger partial charge is 0.131 e. The largest absolute Gasteiger partial charge is 0.306 e. The minimum atomic E-state index is -0.507. The van der Waals surface area contributed by atoms with Gasteiger partial charge in [0, 0.05) is 11.6 Å². The summed E-state index contributed by atoms with van der Waals surface area (Å²) < 4.78 is 27.7. The molecule has 0 spiro atoms. The summed E-state index contributed by atoms with van der Waals surface area (Å²) in [4.78, 5) is 0. The molecule has 21 heavy (non-hydrogen) atoms. The van der Waals surface area contributed by atoms with E-state index in [2.05, 4.69) is 12.2 Å². The van der Waals surface area contributed by atoms with E-state index < -0.39 is 11.6 Å². The highest BCUT2D eigenvalue weighted by Gasteiger charge is 2.19. The predicted molar refractivity (Wildman–Crippen MR) is 82.4 cm³/mol. The Morgan fingerprint density at radius 2 is 1.67 bits per heavy atom. The van der Waals surface area contributed by atoms with Crippen LogP contribution >= 0.6 is 0 Å². The first-order chi connectivity index (χ1) is 10.0. The Labute approximate surface area is 125 Å². The maximum Gasteiger partial charge on any atom is 0.131 e. The van der Waals surface area contributed by atoms with E-state index in [1.165, 1.54) is 0 Å². The lowest BCUT2D eigenvalue weighted by atomic mass is 9.95. The summed E-state index contributed by atoms with van der Waals surface area (Å²) in [6.07, 6.45) is 0.949.